The smallest absolute Gasteiger partial charge is 0.227 e. The average molecular weight is 300 g/mol. The van der Waals surface area contributed by atoms with Gasteiger partial charge in [0.15, 0.2) is 0 Å². The summed E-state index contributed by atoms with van der Waals surface area (Å²) in [5.74, 6) is -0.301. The molecule has 21 heavy (non-hydrogen) atoms. The van der Waals surface area contributed by atoms with Gasteiger partial charge in [0.2, 0.25) is 11.8 Å². The number of para-hydroxylation sites is 1. The van der Waals surface area contributed by atoms with Gasteiger partial charge in [0, 0.05) is 23.5 Å². The summed E-state index contributed by atoms with van der Waals surface area (Å²) in [5, 5.41) is 4.90. The zero-order chi connectivity index (χ0) is 14.7. The minimum absolute atomic E-state index is 0.0115. The minimum Gasteiger partial charge on any atom is -0.351 e. The van der Waals surface area contributed by atoms with Crippen molar-refractivity contribution in [2.75, 3.05) is 11.4 Å². The standard InChI is InChI=1S/C16H16N2O2S/c19-15-9-12(11-18(15)13-5-2-1-3-6-13)16(20)17-10-14-7-4-8-21-14/h1-8,12H,9-11H2,(H,17,20)/t12-/m1/s1. The first-order valence-corrected chi connectivity index (χ1v) is 7.77. The molecule has 1 atom stereocenters. The van der Waals surface area contributed by atoms with Crippen LogP contribution in [0, 0.1) is 5.92 Å². The van der Waals surface area contributed by atoms with E-state index in [0.29, 0.717) is 13.1 Å². The summed E-state index contributed by atoms with van der Waals surface area (Å²) in [6.07, 6.45) is 0.283. The van der Waals surface area contributed by atoms with Gasteiger partial charge in [-0.15, -0.1) is 11.3 Å². The first kappa shape index (κ1) is 13.8. The maximum Gasteiger partial charge on any atom is 0.227 e. The largest absolute Gasteiger partial charge is 0.351 e. The number of amides is 2. The Morgan fingerprint density at radius 2 is 2.05 bits per heavy atom. The summed E-state index contributed by atoms with van der Waals surface area (Å²) in [6.45, 7) is 0.992. The molecular weight excluding hydrogens is 284 g/mol. The Bertz CT molecular complexity index is 625. The van der Waals surface area contributed by atoms with Crippen LogP contribution in [0.5, 0.6) is 0 Å². The Labute approximate surface area is 127 Å². The molecule has 1 N–H and O–H groups in total. The Morgan fingerprint density at radius 1 is 1.24 bits per heavy atom. The lowest BCUT2D eigenvalue weighted by Gasteiger charge is -2.16. The van der Waals surface area contributed by atoms with Crippen LogP contribution in [0.4, 0.5) is 5.69 Å². The van der Waals surface area contributed by atoms with Crippen molar-refractivity contribution in [2.45, 2.75) is 13.0 Å². The molecule has 1 saturated heterocycles. The van der Waals surface area contributed by atoms with E-state index in [1.807, 2.05) is 47.8 Å². The van der Waals surface area contributed by atoms with Gasteiger partial charge in [-0.3, -0.25) is 9.59 Å². The van der Waals surface area contributed by atoms with Gasteiger partial charge in [0.25, 0.3) is 0 Å². The number of rotatable bonds is 4. The monoisotopic (exact) mass is 300 g/mol. The van der Waals surface area contributed by atoms with Crippen LogP contribution in [0.2, 0.25) is 0 Å². The van der Waals surface area contributed by atoms with Crippen LogP contribution >= 0.6 is 11.3 Å². The van der Waals surface area contributed by atoms with E-state index in [9.17, 15) is 9.59 Å². The summed E-state index contributed by atoms with van der Waals surface area (Å²) in [5.41, 5.74) is 0.857. The lowest BCUT2D eigenvalue weighted by Crippen LogP contribution is -2.32. The number of nitrogens with one attached hydrogen (secondary N) is 1. The number of hydrogen-bond acceptors (Lipinski definition) is 3. The molecule has 5 heteroatoms. The quantitative estimate of drug-likeness (QED) is 0.942. The van der Waals surface area contributed by atoms with Gasteiger partial charge in [-0.25, -0.2) is 0 Å². The highest BCUT2D eigenvalue weighted by molar-refractivity contribution is 7.09. The topological polar surface area (TPSA) is 49.4 Å². The molecule has 1 aliphatic heterocycles. The van der Waals surface area contributed by atoms with Crippen molar-refractivity contribution in [3.8, 4) is 0 Å². The van der Waals surface area contributed by atoms with Crippen LogP contribution in [0.15, 0.2) is 47.8 Å². The molecule has 0 aliphatic carbocycles. The van der Waals surface area contributed by atoms with Crippen molar-refractivity contribution in [2.24, 2.45) is 5.92 Å². The molecule has 108 valence electrons. The van der Waals surface area contributed by atoms with E-state index in [-0.39, 0.29) is 24.2 Å². The molecule has 0 unspecified atom stereocenters. The highest BCUT2D eigenvalue weighted by Gasteiger charge is 2.34. The second kappa shape index (κ2) is 6.10. The number of anilines is 1. The van der Waals surface area contributed by atoms with Crippen LogP contribution in [-0.4, -0.2) is 18.4 Å². The number of hydrogen-bond donors (Lipinski definition) is 1. The highest BCUT2D eigenvalue weighted by Crippen LogP contribution is 2.25. The molecule has 0 radical (unpaired) electrons. The number of nitrogens with zero attached hydrogens (tertiary/aromatic N) is 1. The number of benzene rings is 1. The third kappa shape index (κ3) is 3.13. The molecule has 1 aromatic carbocycles. The maximum atomic E-state index is 12.2. The summed E-state index contributed by atoms with van der Waals surface area (Å²) in [7, 11) is 0. The summed E-state index contributed by atoms with van der Waals surface area (Å²) < 4.78 is 0. The van der Waals surface area contributed by atoms with Gasteiger partial charge in [-0.2, -0.15) is 0 Å². The minimum atomic E-state index is -0.266. The van der Waals surface area contributed by atoms with Crippen molar-refractivity contribution in [1.82, 2.24) is 5.32 Å². The Balaban J connectivity index is 1.60. The maximum absolute atomic E-state index is 12.2. The van der Waals surface area contributed by atoms with Gasteiger partial charge in [0.1, 0.15) is 0 Å². The second-order valence-electron chi connectivity index (χ2n) is 5.04. The van der Waals surface area contributed by atoms with E-state index in [2.05, 4.69) is 5.32 Å². The van der Waals surface area contributed by atoms with Crippen LogP contribution in [-0.2, 0) is 16.1 Å². The zero-order valence-corrected chi connectivity index (χ0v) is 12.3. The fourth-order valence-electron chi connectivity index (χ4n) is 2.47. The van der Waals surface area contributed by atoms with Gasteiger partial charge in [0.05, 0.1) is 12.5 Å². The van der Waals surface area contributed by atoms with Crippen LogP contribution in [0.3, 0.4) is 0 Å². The van der Waals surface area contributed by atoms with Gasteiger partial charge in [-0.05, 0) is 23.6 Å². The number of thiophene rings is 1. The molecule has 3 rings (SSSR count). The first-order chi connectivity index (χ1) is 10.2. The van der Waals surface area contributed by atoms with Crippen LogP contribution in [0.1, 0.15) is 11.3 Å². The van der Waals surface area contributed by atoms with Crippen LogP contribution < -0.4 is 10.2 Å². The third-order valence-corrected chi connectivity index (χ3v) is 4.46. The van der Waals surface area contributed by atoms with E-state index in [4.69, 9.17) is 0 Å². The van der Waals surface area contributed by atoms with E-state index < -0.39 is 0 Å². The van der Waals surface area contributed by atoms with E-state index in [0.717, 1.165) is 10.6 Å². The molecule has 2 amide bonds. The molecule has 4 nitrogen and oxygen atoms in total. The lowest BCUT2D eigenvalue weighted by molar-refractivity contribution is -0.126. The highest BCUT2D eigenvalue weighted by atomic mass is 32.1. The Hall–Kier alpha value is -2.14. The number of carbonyl (C=O) groups is 2. The molecule has 0 bridgehead atoms. The van der Waals surface area contributed by atoms with Gasteiger partial charge in [-0.1, -0.05) is 24.3 Å². The van der Waals surface area contributed by atoms with Crippen LogP contribution in [0.25, 0.3) is 0 Å². The fourth-order valence-corrected chi connectivity index (χ4v) is 3.12. The summed E-state index contributed by atoms with van der Waals surface area (Å²) in [6, 6.07) is 13.4. The first-order valence-electron chi connectivity index (χ1n) is 6.89. The van der Waals surface area contributed by atoms with Crippen molar-refractivity contribution >= 4 is 28.8 Å². The SMILES string of the molecule is O=C(NCc1cccs1)[C@@H]1CC(=O)N(c2ccccc2)C1. The zero-order valence-electron chi connectivity index (χ0n) is 11.5. The third-order valence-electron chi connectivity index (χ3n) is 3.58. The second-order valence-corrected chi connectivity index (χ2v) is 6.07. The summed E-state index contributed by atoms with van der Waals surface area (Å²) >= 11 is 1.61. The fraction of sp³-hybridized carbons (Fsp3) is 0.250. The van der Waals surface area contributed by atoms with Gasteiger partial charge >= 0.3 is 0 Å². The molecule has 1 aliphatic rings. The average Bonchev–Trinajstić information content (AvgIpc) is 3.15. The van der Waals surface area contributed by atoms with E-state index in [1.165, 1.54) is 0 Å². The van der Waals surface area contributed by atoms with E-state index >= 15 is 0 Å². The lowest BCUT2D eigenvalue weighted by atomic mass is 10.1. The molecule has 0 spiro atoms. The Morgan fingerprint density at radius 3 is 2.76 bits per heavy atom. The normalized spacial score (nSPS) is 18.0. The van der Waals surface area contributed by atoms with E-state index in [1.54, 1.807) is 16.2 Å². The molecule has 0 saturated carbocycles. The molecule has 1 aromatic heterocycles. The predicted octanol–water partition coefficient (Wildman–Crippen LogP) is 2.42. The van der Waals surface area contributed by atoms with Gasteiger partial charge < -0.3 is 10.2 Å². The number of carbonyl (C=O) groups excluding carboxylic acids is 2. The predicted molar refractivity (Wildman–Crippen MR) is 83.1 cm³/mol. The van der Waals surface area contributed by atoms with Crippen molar-refractivity contribution < 1.29 is 9.59 Å². The summed E-state index contributed by atoms with van der Waals surface area (Å²) in [4.78, 5) is 27.1. The van der Waals surface area contributed by atoms with Crippen molar-refractivity contribution in [3.63, 3.8) is 0 Å². The Kier molecular flexibility index (Phi) is 4.01. The molecule has 2 heterocycles. The van der Waals surface area contributed by atoms with Crippen molar-refractivity contribution in [1.29, 1.82) is 0 Å². The molecule has 1 fully saturated rings. The molecular formula is C16H16N2O2S. The van der Waals surface area contributed by atoms with Crippen molar-refractivity contribution in [3.05, 3.63) is 52.7 Å². The molecule has 2 aromatic rings.